The third-order valence-corrected chi connectivity index (χ3v) is 2.81. The highest BCUT2D eigenvalue weighted by Crippen LogP contribution is 2.27. The number of ether oxygens (including phenoxy) is 1. The first-order valence-electron chi connectivity index (χ1n) is 4.76. The first-order chi connectivity index (χ1) is 5.72. The fourth-order valence-electron chi connectivity index (χ4n) is 1.90. The smallest absolute Gasteiger partial charge is 0.0841 e. The van der Waals surface area contributed by atoms with E-state index in [-0.39, 0.29) is 5.54 Å². The van der Waals surface area contributed by atoms with E-state index in [0.29, 0.717) is 5.92 Å². The molecule has 0 aromatic carbocycles. The summed E-state index contributed by atoms with van der Waals surface area (Å²) in [6.45, 7) is 7.38. The fourth-order valence-corrected chi connectivity index (χ4v) is 1.90. The van der Waals surface area contributed by atoms with Gasteiger partial charge < -0.3 is 10.1 Å². The van der Waals surface area contributed by atoms with Gasteiger partial charge in [0, 0.05) is 0 Å². The highest BCUT2D eigenvalue weighted by atomic mass is 16.5. The Balaban J connectivity index is 2.13. The average Bonchev–Trinajstić information content (AvgIpc) is 2.02. The van der Waals surface area contributed by atoms with Crippen LogP contribution in [0.15, 0.2) is 11.6 Å². The van der Waals surface area contributed by atoms with Gasteiger partial charge in [0.2, 0.25) is 0 Å². The molecule has 2 heterocycles. The minimum absolute atomic E-state index is 0.220. The summed E-state index contributed by atoms with van der Waals surface area (Å²) >= 11 is 0. The molecule has 68 valence electrons. The summed E-state index contributed by atoms with van der Waals surface area (Å²) in [5.74, 6) is 0.699. The van der Waals surface area contributed by atoms with Crippen molar-refractivity contribution in [3.63, 3.8) is 0 Å². The fraction of sp³-hybridized carbons (Fsp3) is 0.800. The summed E-state index contributed by atoms with van der Waals surface area (Å²) in [6, 6.07) is 0. The molecule has 0 bridgehead atoms. The Morgan fingerprint density at radius 3 is 2.75 bits per heavy atom. The van der Waals surface area contributed by atoms with Gasteiger partial charge in [-0.1, -0.05) is 25.5 Å². The van der Waals surface area contributed by atoms with Crippen molar-refractivity contribution in [1.29, 1.82) is 0 Å². The van der Waals surface area contributed by atoms with Crippen molar-refractivity contribution in [2.24, 2.45) is 5.92 Å². The molecule has 1 saturated heterocycles. The molecule has 0 unspecified atom stereocenters. The Labute approximate surface area is 74.0 Å². The summed E-state index contributed by atoms with van der Waals surface area (Å²) in [7, 11) is 0. The molecular weight excluding hydrogens is 150 g/mol. The predicted molar refractivity (Wildman–Crippen MR) is 49.1 cm³/mol. The van der Waals surface area contributed by atoms with Crippen molar-refractivity contribution in [1.82, 2.24) is 5.32 Å². The molecule has 0 aromatic rings. The molecule has 2 aliphatic rings. The van der Waals surface area contributed by atoms with Crippen LogP contribution in [0.2, 0.25) is 0 Å². The molecule has 0 saturated carbocycles. The molecule has 1 N–H and O–H groups in total. The van der Waals surface area contributed by atoms with Crippen LogP contribution >= 0.6 is 0 Å². The number of hydrogen-bond donors (Lipinski definition) is 1. The lowest BCUT2D eigenvalue weighted by Gasteiger charge is -2.43. The summed E-state index contributed by atoms with van der Waals surface area (Å²) in [5.41, 5.74) is 1.81. The first-order valence-corrected chi connectivity index (χ1v) is 4.76. The Morgan fingerprint density at radius 2 is 2.25 bits per heavy atom. The van der Waals surface area contributed by atoms with E-state index >= 15 is 0 Å². The lowest BCUT2D eigenvalue weighted by molar-refractivity contribution is -0.0505. The molecule has 0 atom stereocenters. The highest BCUT2D eigenvalue weighted by molar-refractivity contribution is 5.22. The van der Waals surface area contributed by atoms with Gasteiger partial charge in [0.25, 0.3) is 0 Å². The molecular formula is C10H17NO. The summed E-state index contributed by atoms with van der Waals surface area (Å²) < 4.78 is 5.24. The second-order valence-corrected chi connectivity index (χ2v) is 4.20. The van der Waals surface area contributed by atoms with E-state index in [1.807, 2.05) is 0 Å². The quantitative estimate of drug-likeness (QED) is 0.595. The lowest BCUT2D eigenvalue weighted by Crippen LogP contribution is -2.61. The summed E-state index contributed by atoms with van der Waals surface area (Å²) in [5, 5.41) is 3.52. The van der Waals surface area contributed by atoms with Crippen molar-refractivity contribution >= 4 is 0 Å². The van der Waals surface area contributed by atoms with Crippen molar-refractivity contribution in [2.75, 3.05) is 19.8 Å². The molecule has 0 aliphatic carbocycles. The van der Waals surface area contributed by atoms with Gasteiger partial charge in [0.1, 0.15) is 0 Å². The van der Waals surface area contributed by atoms with Crippen LogP contribution in [0.3, 0.4) is 0 Å². The molecule has 0 aromatic heterocycles. The van der Waals surface area contributed by atoms with E-state index in [9.17, 15) is 0 Å². The zero-order valence-corrected chi connectivity index (χ0v) is 7.89. The zero-order chi connectivity index (χ0) is 8.60. The Bertz CT molecular complexity index is 204. The van der Waals surface area contributed by atoms with Gasteiger partial charge in [0.05, 0.1) is 18.8 Å². The molecule has 0 radical (unpaired) electrons. The van der Waals surface area contributed by atoms with Gasteiger partial charge in [-0.3, -0.25) is 0 Å². The number of nitrogens with one attached hydrogen (secondary N) is 1. The van der Waals surface area contributed by atoms with E-state index in [1.54, 1.807) is 5.57 Å². The maximum atomic E-state index is 5.24. The predicted octanol–water partition coefficient (Wildman–Crippen LogP) is 1.33. The van der Waals surface area contributed by atoms with Gasteiger partial charge in [-0.2, -0.15) is 0 Å². The van der Waals surface area contributed by atoms with Crippen LogP contribution in [0.5, 0.6) is 0 Å². The average molecular weight is 167 g/mol. The lowest BCUT2D eigenvalue weighted by atomic mass is 9.85. The van der Waals surface area contributed by atoms with E-state index in [0.717, 1.165) is 19.8 Å². The molecule has 1 fully saturated rings. The number of hydrogen-bond acceptors (Lipinski definition) is 2. The highest BCUT2D eigenvalue weighted by Gasteiger charge is 2.38. The molecule has 2 heteroatoms. The van der Waals surface area contributed by atoms with Crippen LogP contribution in [0.1, 0.15) is 20.3 Å². The van der Waals surface area contributed by atoms with Crippen molar-refractivity contribution in [2.45, 2.75) is 25.8 Å². The minimum atomic E-state index is 0.220. The van der Waals surface area contributed by atoms with Crippen molar-refractivity contribution in [3.8, 4) is 0 Å². The van der Waals surface area contributed by atoms with E-state index in [1.165, 1.54) is 6.42 Å². The Hall–Kier alpha value is -0.340. The minimum Gasteiger partial charge on any atom is -0.377 e. The monoisotopic (exact) mass is 167 g/mol. The molecule has 2 aliphatic heterocycles. The third-order valence-electron chi connectivity index (χ3n) is 2.81. The van der Waals surface area contributed by atoms with Crippen LogP contribution in [0, 0.1) is 5.92 Å². The van der Waals surface area contributed by atoms with Crippen molar-refractivity contribution in [3.05, 3.63) is 11.6 Å². The maximum absolute atomic E-state index is 5.24. The largest absolute Gasteiger partial charge is 0.377 e. The molecule has 2 rings (SSSR count). The molecule has 1 spiro atoms. The Morgan fingerprint density at radius 1 is 1.50 bits per heavy atom. The zero-order valence-electron chi connectivity index (χ0n) is 7.89. The molecule has 2 nitrogen and oxygen atoms in total. The van der Waals surface area contributed by atoms with Gasteiger partial charge >= 0.3 is 0 Å². The molecule has 0 amide bonds. The topological polar surface area (TPSA) is 21.3 Å². The van der Waals surface area contributed by atoms with Gasteiger partial charge in [-0.15, -0.1) is 0 Å². The van der Waals surface area contributed by atoms with Crippen LogP contribution < -0.4 is 5.32 Å². The van der Waals surface area contributed by atoms with Gasteiger partial charge in [-0.25, -0.2) is 0 Å². The number of rotatable bonds is 1. The second kappa shape index (κ2) is 2.86. The third kappa shape index (κ3) is 1.29. The normalized spacial score (nSPS) is 27.1. The van der Waals surface area contributed by atoms with Gasteiger partial charge in [-0.05, 0) is 18.9 Å². The summed E-state index contributed by atoms with van der Waals surface area (Å²) in [6.07, 6.45) is 3.60. The second-order valence-electron chi connectivity index (χ2n) is 4.20. The van der Waals surface area contributed by atoms with Crippen LogP contribution in [-0.2, 0) is 4.74 Å². The van der Waals surface area contributed by atoms with Crippen LogP contribution in [0.4, 0.5) is 0 Å². The van der Waals surface area contributed by atoms with Crippen LogP contribution in [0.25, 0.3) is 0 Å². The van der Waals surface area contributed by atoms with E-state index in [4.69, 9.17) is 4.74 Å². The van der Waals surface area contributed by atoms with Crippen LogP contribution in [-0.4, -0.2) is 25.3 Å². The van der Waals surface area contributed by atoms with Crippen molar-refractivity contribution < 1.29 is 4.74 Å². The van der Waals surface area contributed by atoms with E-state index < -0.39 is 0 Å². The SMILES string of the molecule is CC(C)C1=CC2(COC2)NCC1. The maximum Gasteiger partial charge on any atom is 0.0841 e. The van der Waals surface area contributed by atoms with E-state index in [2.05, 4.69) is 25.2 Å². The standard InChI is InChI=1S/C10H17NO/c1-8(2)9-3-4-11-10(5-9)6-12-7-10/h5,8,11H,3-4,6-7H2,1-2H3. The molecule has 12 heavy (non-hydrogen) atoms. The summed E-state index contributed by atoms with van der Waals surface area (Å²) in [4.78, 5) is 0. The van der Waals surface area contributed by atoms with Gasteiger partial charge in [0.15, 0.2) is 0 Å². The Kier molecular flexibility index (Phi) is 1.97. The first kappa shape index (κ1) is 8.27.